The first kappa shape index (κ1) is 15.0. The van der Waals surface area contributed by atoms with Crippen molar-refractivity contribution in [1.82, 2.24) is 19.6 Å². The summed E-state index contributed by atoms with van der Waals surface area (Å²) in [5.74, 6) is -3.12. The summed E-state index contributed by atoms with van der Waals surface area (Å²) >= 11 is 0. The number of nitrogens with one attached hydrogen (secondary N) is 1. The number of halogens is 3. The second-order valence-electron chi connectivity index (χ2n) is 5.35. The number of rotatable bonds is 2. The van der Waals surface area contributed by atoms with Crippen LogP contribution in [0.3, 0.4) is 0 Å². The van der Waals surface area contributed by atoms with Crippen molar-refractivity contribution in [3.8, 4) is 0 Å². The van der Waals surface area contributed by atoms with Gasteiger partial charge in [0.2, 0.25) is 0 Å². The monoisotopic (exact) mass is 303 g/mol. The smallest absolute Gasteiger partial charge is 0.453 e. The molecule has 0 aromatic carbocycles. The van der Waals surface area contributed by atoms with Crippen LogP contribution in [-0.4, -0.2) is 36.2 Å². The Labute approximate surface area is 116 Å². The van der Waals surface area contributed by atoms with Gasteiger partial charge in [0.05, 0.1) is 0 Å². The molecule has 0 unspecified atom stereocenters. The Kier molecular flexibility index (Phi) is 3.27. The average Bonchev–Trinajstić information content (AvgIpc) is 2.70. The number of alkyl halides is 3. The molecule has 0 aliphatic rings. The summed E-state index contributed by atoms with van der Waals surface area (Å²) in [6.45, 7) is 5.30. The molecule has 2 aromatic heterocycles. The molecule has 114 valence electrons. The second kappa shape index (κ2) is 4.57. The van der Waals surface area contributed by atoms with E-state index >= 15 is 0 Å². The van der Waals surface area contributed by atoms with E-state index in [1.807, 2.05) is 0 Å². The summed E-state index contributed by atoms with van der Waals surface area (Å²) in [6, 6.07) is 1.11. The zero-order valence-corrected chi connectivity index (χ0v) is 11.4. The van der Waals surface area contributed by atoms with E-state index in [2.05, 4.69) is 20.4 Å². The van der Waals surface area contributed by atoms with Crippen LogP contribution in [0, 0.1) is 0 Å². The molecule has 0 fully saturated rings. The quantitative estimate of drug-likeness (QED) is 0.882. The summed E-state index contributed by atoms with van der Waals surface area (Å²) in [5.41, 5.74) is -0.940. The summed E-state index contributed by atoms with van der Waals surface area (Å²) in [7, 11) is 0. The van der Waals surface area contributed by atoms with Crippen molar-refractivity contribution < 1.29 is 23.1 Å². The van der Waals surface area contributed by atoms with Gasteiger partial charge in [0, 0.05) is 11.6 Å². The topological polar surface area (TPSA) is 92.4 Å². The fourth-order valence-electron chi connectivity index (χ4n) is 1.57. The van der Waals surface area contributed by atoms with Gasteiger partial charge in [-0.1, -0.05) is 0 Å². The molecule has 0 amide bonds. The molecule has 0 aliphatic carbocycles. The number of aromatic carboxylic acids is 1. The third kappa shape index (κ3) is 3.20. The fraction of sp³-hybridized carbons (Fsp3) is 0.455. The van der Waals surface area contributed by atoms with Gasteiger partial charge in [0.1, 0.15) is 5.82 Å². The van der Waals surface area contributed by atoms with Gasteiger partial charge in [-0.3, -0.25) is 0 Å². The average molecular weight is 303 g/mol. The van der Waals surface area contributed by atoms with Crippen molar-refractivity contribution >= 4 is 17.6 Å². The Bertz CT molecular complexity index is 702. The standard InChI is InChI=1S/C11H12F3N5O2/c1-10(2,3)17-6-4-5(7(20)21)15-9-16-8(11(12,13)14)18-19(6)9/h4,17H,1-3H3,(H,20,21). The zero-order chi connectivity index (χ0) is 16.0. The second-order valence-corrected chi connectivity index (χ2v) is 5.35. The van der Waals surface area contributed by atoms with E-state index in [4.69, 9.17) is 5.11 Å². The molecule has 2 heterocycles. The Hall–Kier alpha value is -2.39. The number of nitrogens with zero attached hydrogens (tertiary/aromatic N) is 4. The molecular weight excluding hydrogens is 291 g/mol. The van der Waals surface area contributed by atoms with E-state index in [1.54, 1.807) is 20.8 Å². The minimum absolute atomic E-state index is 0.0629. The minimum atomic E-state index is -4.74. The van der Waals surface area contributed by atoms with Crippen LogP contribution < -0.4 is 5.32 Å². The van der Waals surface area contributed by atoms with Crippen molar-refractivity contribution in [2.75, 3.05) is 5.32 Å². The van der Waals surface area contributed by atoms with Crippen LogP contribution in [0.25, 0.3) is 5.78 Å². The molecule has 0 bridgehead atoms. The first-order valence-corrected chi connectivity index (χ1v) is 5.84. The number of carboxylic acids is 1. The third-order valence-corrected chi connectivity index (χ3v) is 2.29. The Morgan fingerprint density at radius 3 is 2.38 bits per heavy atom. The van der Waals surface area contributed by atoms with Crippen molar-refractivity contribution in [1.29, 1.82) is 0 Å². The van der Waals surface area contributed by atoms with Crippen LogP contribution in [0.4, 0.5) is 19.0 Å². The van der Waals surface area contributed by atoms with E-state index in [0.29, 0.717) is 0 Å². The molecule has 0 atom stereocenters. The van der Waals surface area contributed by atoms with E-state index in [9.17, 15) is 18.0 Å². The van der Waals surface area contributed by atoms with Crippen molar-refractivity contribution in [2.45, 2.75) is 32.5 Å². The summed E-state index contributed by atoms with van der Waals surface area (Å²) in [5, 5.41) is 15.2. The highest BCUT2D eigenvalue weighted by Crippen LogP contribution is 2.27. The lowest BCUT2D eigenvalue weighted by Crippen LogP contribution is -2.28. The molecule has 0 spiro atoms. The van der Waals surface area contributed by atoms with Gasteiger partial charge in [-0.25, -0.2) is 9.78 Å². The molecule has 2 rings (SSSR count). The highest BCUT2D eigenvalue weighted by atomic mass is 19.4. The van der Waals surface area contributed by atoms with Gasteiger partial charge in [-0.2, -0.15) is 22.7 Å². The van der Waals surface area contributed by atoms with E-state index < -0.39 is 35.0 Å². The first-order valence-electron chi connectivity index (χ1n) is 5.84. The largest absolute Gasteiger partial charge is 0.477 e. The van der Waals surface area contributed by atoms with Crippen molar-refractivity contribution in [2.24, 2.45) is 0 Å². The molecule has 21 heavy (non-hydrogen) atoms. The number of carbonyl (C=O) groups is 1. The Morgan fingerprint density at radius 2 is 1.90 bits per heavy atom. The highest BCUT2D eigenvalue weighted by molar-refractivity contribution is 5.86. The van der Waals surface area contributed by atoms with Crippen LogP contribution >= 0.6 is 0 Å². The lowest BCUT2D eigenvalue weighted by molar-refractivity contribution is -0.144. The number of anilines is 1. The number of hydrogen-bond donors (Lipinski definition) is 2. The van der Waals surface area contributed by atoms with Crippen molar-refractivity contribution in [3.05, 3.63) is 17.6 Å². The lowest BCUT2D eigenvalue weighted by Gasteiger charge is -2.22. The summed E-state index contributed by atoms with van der Waals surface area (Å²) in [4.78, 5) is 17.8. The number of aromatic nitrogens is 4. The van der Waals surface area contributed by atoms with Gasteiger partial charge < -0.3 is 10.4 Å². The molecule has 2 aromatic rings. The molecule has 10 heteroatoms. The van der Waals surface area contributed by atoms with Gasteiger partial charge in [-0.05, 0) is 20.8 Å². The van der Waals surface area contributed by atoms with Crippen LogP contribution in [0.2, 0.25) is 0 Å². The van der Waals surface area contributed by atoms with E-state index in [1.165, 1.54) is 0 Å². The Morgan fingerprint density at radius 1 is 1.29 bits per heavy atom. The van der Waals surface area contributed by atoms with Gasteiger partial charge >= 0.3 is 12.1 Å². The molecule has 0 radical (unpaired) electrons. The fourth-order valence-corrected chi connectivity index (χ4v) is 1.57. The number of carboxylic acid groups (broad SMARTS) is 1. The molecule has 2 N–H and O–H groups in total. The maximum atomic E-state index is 12.7. The van der Waals surface area contributed by atoms with Crippen molar-refractivity contribution in [3.63, 3.8) is 0 Å². The summed E-state index contributed by atoms with van der Waals surface area (Å²) in [6.07, 6.45) is -4.74. The van der Waals surface area contributed by atoms with Crippen LogP contribution in [0.1, 0.15) is 37.1 Å². The van der Waals surface area contributed by atoms with Gasteiger partial charge in [0.25, 0.3) is 11.6 Å². The number of hydrogen-bond acceptors (Lipinski definition) is 5. The summed E-state index contributed by atoms with van der Waals surface area (Å²) < 4.78 is 38.8. The van der Waals surface area contributed by atoms with Gasteiger partial charge in [0.15, 0.2) is 5.69 Å². The predicted molar refractivity (Wildman–Crippen MR) is 66.1 cm³/mol. The molecule has 0 aliphatic heterocycles. The molecule has 7 nitrogen and oxygen atoms in total. The molecular formula is C11H12F3N5O2. The highest BCUT2D eigenvalue weighted by Gasteiger charge is 2.37. The SMILES string of the molecule is CC(C)(C)Nc1cc(C(=O)O)nc2nc(C(F)(F)F)nn12. The van der Waals surface area contributed by atoms with E-state index in [-0.39, 0.29) is 5.82 Å². The van der Waals surface area contributed by atoms with E-state index in [0.717, 1.165) is 10.6 Å². The zero-order valence-electron chi connectivity index (χ0n) is 11.4. The molecule has 0 saturated carbocycles. The third-order valence-electron chi connectivity index (χ3n) is 2.29. The predicted octanol–water partition coefficient (Wildman–Crippen LogP) is 2.05. The first-order chi connectivity index (χ1) is 9.47. The van der Waals surface area contributed by atoms with Gasteiger partial charge in [-0.15, -0.1) is 5.10 Å². The normalized spacial score (nSPS) is 12.7. The van der Waals surface area contributed by atoms with Crippen LogP contribution in [0.15, 0.2) is 6.07 Å². The van der Waals surface area contributed by atoms with Crippen LogP contribution in [0.5, 0.6) is 0 Å². The maximum absolute atomic E-state index is 12.7. The number of fused-ring (bicyclic) bond motifs is 1. The Balaban J connectivity index is 2.68. The lowest BCUT2D eigenvalue weighted by atomic mass is 10.1. The minimum Gasteiger partial charge on any atom is -0.477 e. The maximum Gasteiger partial charge on any atom is 0.453 e. The van der Waals surface area contributed by atoms with Crippen LogP contribution in [-0.2, 0) is 6.18 Å². The molecule has 0 saturated heterocycles.